The minimum Gasteiger partial charge on any atom is -0.341 e. The predicted molar refractivity (Wildman–Crippen MR) is 79.6 cm³/mol. The number of nitrogens with one attached hydrogen (secondary N) is 1. The molecule has 6 nitrogen and oxygen atoms in total. The Morgan fingerprint density at radius 1 is 1.20 bits per heavy atom. The van der Waals surface area contributed by atoms with Gasteiger partial charge in [-0.25, -0.2) is 24.9 Å². The van der Waals surface area contributed by atoms with E-state index in [9.17, 15) is 0 Å². The Labute approximate surface area is 128 Å². The fraction of sp³-hybridized carbons (Fsp3) is 0.250. The summed E-state index contributed by atoms with van der Waals surface area (Å²) in [5.41, 5.74) is 1.47. The molecule has 0 aliphatic carbocycles. The first kappa shape index (κ1) is 13.4. The second-order valence-corrected chi connectivity index (χ2v) is 6.25. The van der Waals surface area contributed by atoms with E-state index in [4.69, 9.17) is 0 Å². The van der Waals surface area contributed by atoms with Gasteiger partial charge in [0, 0.05) is 12.0 Å². The van der Waals surface area contributed by atoms with Gasteiger partial charge in [-0.1, -0.05) is 13.8 Å². The number of rotatable bonds is 3. The van der Waals surface area contributed by atoms with Gasteiger partial charge in [0.2, 0.25) is 0 Å². The van der Waals surface area contributed by atoms with Crippen molar-refractivity contribution in [2.45, 2.75) is 29.8 Å². The van der Waals surface area contributed by atoms with E-state index in [1.54, 1.807) is 6.33 Å². The molecule has 0 aliphatic rings. The fourth-order valence-electron chi connectivity index (χ4n) is 1.64. The number of hydrogen-bond donors (Lipinski definition) is 1. The first-order valence-electron chi connectivity index (χ1n) is 6.00. The summed E-state index contributed by atoms with van der Waals surface area (Å²) in [7, 11) is 0. The molecule has 0 aromatic carbocycles. The minimum atomic E-state index is 0.268. The largest absolute Gasteiger partial charge is 0.341 e. The lowest BCUT2D eigenvalue weighted by Crippen LogP contribution is -1.99. The van der Waals surface area contributed by atoms with Crippen LogP contribution in [0, 0.1) is 0 Å². The number of fused-ring (bicyclic) bond motifs is 1. The number of hydrogen-bond acceptors (Lipinski definition) is 6. The van der Waals surface area contributed by atoms with Crippen molar-refractivity contribution >= 4 is 38.9 Å². The highest BCUT2D eigenvalue weighted by atomic mass is 79.9. The van der Waals surface area contributed by atoms with Gasteiger partial charge in [-0.3, -0.25) is 0 Å². The van der Waals surface area contributed by atoms with Crippen LogP contribution in [0.25, 0.3) is 11.2 Å². The lowest BCUT2D eigenvalue weighted by molar-refractivity contribution is 0.747. The normalized spacial score (nSPS) is 11.4. The van der Waals surface area contributed by atoms with E-state index < -0.39 is 0 Å². The van der Waals surface area contributed by atoms with Crippen molar-refractivity contribution < 1.29 is 0 Å². The Kier molecular flexibility index (Phi) is 3.66. The van der Waals surface area contributed by atoms with Crippen molar-refractivity contribution in [3.63, 3.8) is 0 Å². The molecule has 102 valence electrons. The Balaban J connectivity index is 2.00. The van der Waals surface area contributed by atoms with Crippen LogP contribution in [0.3, 0.4) is 0 Å². The molecule has 3 heterocycles. The zero-order chi connectivity index (χ0) is 14.1. The van der Waals surface area contributed by atoms with Crippen LogP contribution in [0.5, 0.6) is 0 Å². The number of nitrogens with zero attached hydrogens (tertiary/aromatic N) is 5. The van der Waals surface area contributed by atoms with E-state index >= 15 is 0 Å². The highest BCUT2D eigenvalue weighted by Crippen LogP contribution is 2.30. The lowest BCUT2D eigenvalue weighted by atomic mass is 10.2. The summed E-state index contributed by atoms with van der Waals surface area (Å²) in [5, 5.41) is 1.64. The van der Waals surface area contributed by atoms with E-state index in [0.29, 0.717) is 5.65 Å². The van der Waals surface area contributed by atoms with Gasteiger partial charge < -0.3 is 4.98 Å². The lowest BCUT2D eigenvalue weighted by Gasteiger charge is -2.07. The maximum Gasteiger partial charge on any atom is 0.181 e. The third-order valence-electron chi connectivity index (χ3n) is 2.59. The van der Waals surface area contributed by atoms with E-state index in [-0.39, 0.29) is 5.92 Å². The first-order chi connectivity index (χ1) is 9.63. The SMILES string of the molecule is CC(C)c1nc(Br)cc(Sc2ncnc3nc[nH]c23)n1. The molecule has 0 spiro atoms. The van der Waals surface area contributed by atoms with Gasteiger partial charge in [0.05, 0.1) is 6.33 Å². The number of imidazole rings is 1. The topological polar surface area (TPSA) is 80.2 Å². The molecule has 0 radical (unpaired) electrons. The zero-order valence-corrected chi connectivity index (χ0v) is 13.2. The summed E-state index contributed by atoms with van der Waals surface area (Å²) in [6.45, 7) is 4.13. The number of H-pyrrole nitrogens is 1. The fourth-order valence-corrected chi connectivity index (χ4v) is 3.05. The Morgan fingerprint density at radius 2 is 2.05 bits per heavy atom. The van der Waals surface area contributed by atoms with Gasteiger partial charge >= 0.3 is 0 Å². The molecule has 20 heavy (non-hydrogen) atoms. The summed E-state index contributed by atoms with van der Waals surface area (Å²) in [6.07, 6.45) is 3.12. The molecule has 3 aromatic rings. The Morgan fingerprint density at radius 3 is 2.85 bits per heavy atom. The summed E-state index contributed by atoms with van der Waals surface area (Å²) in [5.74, 6) is 1.07. The van der Waals surface area contributed by atoms with Crippen LogP contribution in [0.2, 0.25) is 0 Å². The van der Waals surface area contributed by atoms with Crippen LogP contribution < -0.4 is 0 Å². The molecule has 0 aliphatic heterocycles. The number of aromatic amines is 1. The van der Waals surface area contributed by atoms with E-state index in [1.165, 1.54) is 18.1 Å². The van der Waals surface area contributed by atoms with Gasteiger partial charge in [-0.2, -0.15) is 0 Å². The molecule has 3 aromatic heterocycles. The Bertz CT molecular complexity index is 757. The van der Waals surface area contributed by atoms with Crippen LogP contribution in [-0.4, -0.2) is 29.9 Å². The molecule has 0 unspecified atom stereocenters. The second-order valence-electron chi connectivity index (χ2n) is 4.42. The first-order valence-corrected chi connectivity index (χ1v) is 7.61. The standard InChI is InChI=1S/C12H11BrN6S/c1-6(2)10-18-7(13)3-8(19-10)20-12-9-11(15-4-14-9)16-5-17-12/h3-6H,1-2H3,(H,14,15,16,17). The molecule has 8 heteroatoms. The van der Waals surface area contributed by atoms with Crippen molar-refractivity contribution in [3.05, 3.63) is 29.1 Å². The third-order valence-corrected chi connectivity index (χ3v) is 3.92. The quantitative estimate of drug-likeness (QED) is 0.730. The average Bonchev–Trinajstić information content (AvgIpc) is 2.87. The maximum absolute atomic E-state index is 4.55. The van der Waals surface area contributed by atoms with Gasteiger partial charge in [0.1, 0.15) is 32.3 Å². The molecule has 0 saturated carbocycles. The van der Waals surface area contributed by atoms with Crippen molar-refractivity contribution in [1.82, 2.24) is 29.9 Å². The molecule has 3 rings (SSSR count). The molecule has 0 amide bonds. The maximum atomic E-state index is 4.55. The van der Waals surface area contributed by atoms with Crippen molar-refractivity contribution in [3.8, 4) is 0 Å². The van der Waals surface area contributed by atoms with Crippen LogP contribution in [0.15, 0.2) is 33.4 Å². The van der Waals surface area contributed by atoms with Crippen LogP contribution in [0.1, 0.15) is 25.6 Å². The van der Waals surface area contributed by atoms with Gasteiger partial charge in [0.25, 0.3) is 0 Å². The zero-order valence-electron chi connectivity index (χ0n) is 10.8. The molecule has 0 atom stereocenters. The van der Waals surface area contributed by atoms with Crippen molar-refractivity contribution in [2.24, 2.45) is 0 Å². The van der Waals surface area contributed by atoms with Gasteiger partial charge in [0.15, 0.2) is 5.65 Å². The highest BCUT2D eigenvalue weighted by Gasteiger charge is 2.12. The summed E-state index contributed by atoms with van der Waals surface area (Å²) >= 11 is 4.88. The molecular weight excluding hydrogens is 340 g/mol. The van der Waals surface area contributed by atoms with Crippen molar-refractivity contribution in [2.75, 3.05) is 0 Å². The third kappa shape index (κ3) is 2.66. The van der Waals surface area contributed by atoms with Crippen molar-refractivity contribution in [1.29, 1.82) is 0 Å². The molecule has 0 fully saturated rings. The summed E-state index contributed by atoms with van der Waals surface area (Å²) < 4.78 is 0.772. The smallest absolute Gasteiger partial charge is 0.181 e. The average molecular weight is 351 g/mol. The molecular formula is C12H11BrN6S. The summed E-state index contributed by atoms with van der Waals surface area (Å²) in [4.78, 5) is 24.5. The van der Waals surface area contributed by atoms with E-state index in [0.717, 1.165) is 26.0 Å². The summed E-state index contributed by atoms with van der Waals surface area (Å²) in [6, 6.07) is 1.88. The highest BCUT2D eigenvalue weighted by molar-refractivity contribution is 9.10. The minimum absolute atomic E-state index is 0.268. The van der Waals surface area contributed by atoms with E-state index in [2.05, 4.69) is 59.7 Å². The van der Waals surface area contributed by atoms with Crippen LogP contribution in [-0.2, 0) is 0 Å². The predicted octanol–water partition coefficient (Wildman–Crippen LogP) is 3.18. The molecule has 0 saturated heterocycles. The monoisotopic (exact) mass is 350 g/mol. The second kappa shape index (κ2) is 5.45. The Hall–Kier alpha value is -1.54. The van der Waals surface area contributed by atoms with Crippen LogP contribution >= 0.6 is 27.7 Å². The van der Waals surface area contributed by atoms with Crippen LogP contribution in [0.4, 0.5) is 0 Å². The van der Waals surface area contributed by atoms with Gasteiger partial charge in [-0.15, -0.1) is 0 Å². The molecule has 0 bridgehead atoms. The van der Waals surface area contributed by atoms with Gasteiger partial charge in [-0.05, 0) is 27.7 Å². The molecule has 1 N–H and O–H groups in total. The number of aromatic nitrogens is 6. The van der Waals surface area contributed by atoms with E-state index in [1.807, 2.05) is 6.07 Å². The number of halogens is 1.